The van der Waals surface area contributed by atoms with E-state index in [2.05, 4.69) is 44.5 Å². The Labute approximate surface area is 180 Å². The van der Waals surface area contributed by atoms with Crippen LogP contribution in [0.3, 0.4) is 0 Å². The maximum Gasteiger partial charge on any atom is 0.246 e. The molecule has 3 aromatic carbocycles. The molecule has 0 bridgehead atoms. The van der Waals surface area contributed by atoms with Crippen LogP contribution in [0.4, 0.5) is 11.6 Å². The van der Waals surface area contributed by atoms with Crippen molar-refractivity contribution in [2.24, 2.45) is 0 Å². The van der Waals surface area contributed by atoms with E-state index in [4.69, 9.17) is 4.74 Å². The molecule has 0 aliphatic carbocycles. The smallest absolute Gasteiger partial charge is 0.246 e. The van der Waals surface area contributed by atoms with Crippen molar-refractivity contribution in [2.45, 2.75) is 13.8 Å². The van der Waals surface area contributed by atoms with Crippen LogP contribution in [-0.4, -0.2) is 20.2 Å². The second-order valence-electron chi connectivity index (χ2n) is 7.46. The Balaban J connectivity index is 1.39. The molecule has 152 valence electrons. The molecule has 0 saturated heterocycles. The van der Waals surface area contributed by atoms with Crippen molar-refractivity contribution in [1.82, 2.24) is 20.2 Å². The molecule has 0 amide bonds. The highest BCUT2D eigenvalue weighted by Crippen LogP contribution is 2.31. The first-order valence-corrected chi connectivity index (χ1v) is 10.0. The quantitative estimate of drug-likeness (QED) is 0.364. The largest absolute Gasteiger partial charge is 0.457 e. The molecule has 2 N–H and O–H groups in total. The summed E-state index contributed by atoms with van der Waals surface area (Å²) >= 11 is 0. The number of hydrogen-bond donors (Lipinski definition) is 2. The van der Waals surface area contributed by atoms with Crippen LogP contribution in [0.2, 0.25) is 0 Å². The van der Waals surface area contributed by atoms with E-state index in [0.29, 0.717) is 11.8 Å². The molecule has 5 rings (SSSR count). The van der Waals surface area contributed by atoms with Gasteiger partial charge in [0.1, 0.15) is 11.5 Å². The average molecular weight is 407 g/mol. The third kappa shape index (κ3) is 4.09. The molecule has 0 fully saturated rings. The third-order valence-electron chi connectivity index (χ3n) is 4.95. The van der Waals surface area contributed by atoms with Gasteiger partial charge in [0.25, 0.3) is 0 Å². The highest BCUT2D eigenvalue weighted by molar-refractivity contribution is 5.85. The number of aromatic amines is 1. The second kappa shape index (κ2) is 7.91. The number of pyridine rings is 1. The minimum atomic E-state index is 0.516. The van der Waals surface area contributed by atoms with Crippen LogP contribution >= 0.6 is 0 Å². The maximum atomic E-state index is 6.19. The van der Waals surface area contributed by atoms with E-state index in [0.717, 1.165) is 33.7 Å². The molecule has 6 nitrogen and oxygen atoms in total. The van der Waals surface area contributed by atoms with Gasteiger partial charge in [-0.15, -0.1) is 5.10 Å². The van der Waals surface area contributed by atoms with Crippen LogP contribution < -0.4 is 10.1 Å². The fraction of sp³-hybridized carbons (Fsp3) is 0.0800. The normalized spacial score (nSPS) is 10.9. The highest BCUT2D eigenvalue weighted by atomic mass is 16.5. The molecule has 0 aliphatic rings. The Bertz CT molecular complexity index is 1380. The van der Waals surface area contributed by atoms with E-state index in [1.807, 2.05) is 67.6 Å². The fourth-order valence-electron chi connectivity index (χ4n) is 3.45. The van der Waals surface area contributed by atoms with Crippen molar-refractivity contribution in [3.05, 3.63) is 90.1 Å². The number of nitrogens with one attached hydrogen (secondary N) is 2. The van der Waals surface area contributed by atoms with Crippen molar-refractivity contribution in [2.75, 3.05) is 5.32 Å². The van der Waals surface area contributed by atoms with E-state index >= 15 is 0 Å². The molecule has 0 atom stereocenters. The standard InChI is InChI=1S/C25H21N5O/c1-16-5-3-7-19(13-16)27-25-28-24(29-30-25)18-6-4-8-20(15-18)31-23-11-12-26-22-14-17(2)9-10-21(22)23/h3-15H,1-2H3,(H2,27,28,29,30). The van der Waals surface area contributed by atoms with Gasteiger partial charge in [-0.25, -0.2) is 0 Å². The number of H-pyrrole nitrogens is 1. The molecule has 2 aromatic heterocycles. The number of aromatic nitrogens is 4. The van der Waals surface area contributed by atoms with Crippen LogP contribution in [0.15, 0.2) is 79.0 Å². The van der Waals surface area contributed by atoms with Crippen molar-refractivity contribution in [3.8, 4) is 22.9 Å². The predicted octanol–water partition coefficient (Wildman–Crippen LogP) is 6.17. The van der Waals surface area contributed by atoms with Crippen LogP contribution in [0.5, 0.6) is 11.5 Å². The van der Waals surface area contributed by atoms with Crippen molar-refractivity contribution < 1.29 is 4.74 Å². The van der Waals surface area contributed by atoms with Gasteiger partial charge in [0.15, 0.2) is 5.82 Å². The van der Waals surface area contributed by atoms with E-state index in [-0.39, 0.29) is 0 Å². The van der Waals surface area contributed by atoms with Crippen molar-refractivity contribution >= 4 is 22.5 Å². The zero-order valence-electron chi connectivity index (χ0n) is 17.3. The van der Waals surface area contributed by atoms with Gasteiger partial charge >= 0.3 is 0 Å². The number of hydrogen-bond acceptors (Lipinski definition) is 5. The number of benzene rings is 3. The first-order chi connectivity index (χ1) is 15.1. The number of aryl methyl sites for hydroxylation is 2. The molecule has 5 aromatic rings. The first-order valence-electron chi connectivity index (χ1n) is 10.0. The van der Waals surface area contributed by atoms with Gasteiger partial charge < -0.3 is 10.1 Å². The summed E-state index contributed by atoms with van der Waals surface area (Å²) in [5, 5.41) is 11.5. The molecule has 0 spiro atoms. The molecule has 0 radical (unpaired) electrons. The summed E-state index contributed by atoms with van der Waals surface area (Å²) in [6, 6.07) is 23.9. The van der Waals surface area contributed by atoms with Crippen LogP contribution in [0, 0.1) is 13.8 Å². The molecule has 31 heavy (non-hydrogen) atoms. The predicted molar refractivity (Wildman–Crippen MR) is 123 cm³/mol. The van der Waals surface area contributed by atoms with E-state index < -0.39 is 0 Å². The molecule has 0 saturated carbocycles. The lowest BCUT2D eigenvalue weighted by atomic mass is 10.1. The Morgan fingerprint density at radius 3 is 2.65 bits per heavy atom. The second-order valence-corrected chi connectivity index (χ2v) is 7.46. The fourth-order valence-corrected chi connectivity index (χ4v) is 3.45. The molecule has 0 aliphatic heterocycles. The number of rotatable bonds is 5. The monoisotopic (exact) mass is 407 g/mol. The van der Waals surface area contributed by atoms with Gasteiger partial charge in [0.2, 0.25) is 5.95 Å². The number of fused-ring (bicyclic) bond motifs is 1. The molecule has 6 heteroatoms. The van der Waals surface area contributed by atoms with Crippen molar-refractivity contribution in [1.29, 1.82) is 0 Å². The number of ether oxygens (including phenoxy) is 1. The minimum absolute atomic E-state index is 0.516. The van der Waals surface area contributed by atoms with Crippen LogP contribution in [0.25, 0.3) is 22.3 Å². The van der Waals surface area contributed by atoms with Gasteiger partial charge in [-0.05, 0) is 67.4 Å². The summed E-state index contributed by atoms with van der Waals surface area (Å²) in [7, 11) is 0. The Morgan fingerprint density at radius 1 is 0.871 bits per heavy atom. The van der Waals surface area contributed by atoms with E-state index in [1.54, 1.807) is 6.20 Å². The summed E-state index contributed by atoms with van der Waals surface area (Å²) in [5.41, 5.74) is 5.08. The average Bonchev–Trinajstić information content (AvgIpc) is 3.22. The molecular weight excluding hydrogens is 386 g/mol. The Morgan fingerprint density at radius 2 is 1.74 bits per heavy atom. The minimum Gasteiger partial charge on any atom is -0.457 e. The molecule has 2 heterocycles. The topological polar surface area (TPSA) is 75.7 Å². The van der Waals surface area contributed by atoms with Crippen LogP contribution in [0.1, 0.15) is 11.1 Å². The van der Waals surface area contributed by atoms with Gasteiger partial charge in [0, 0.05) is 22.8 Å². The summed E-state index contributed by atoms with van der Waals surface area (Å²) in [4.78, 5) is 9.01. The van der Waals surface area contributed by atoms with Gasteiger partial charge in [-0.2, -0.15) is 4.98 Å². The maximum absolute atomic E-state index is 6.19. The SMILES string of the molecule is Cc1cccc(Nc2n[nH]c(-c3cccc(Oc4ccnc5cc(C)ccc45)c3)n2)c1. The number of nitrogens with zero attached hydrogens (tertiary/aromatic N) is 3. The van der Waals surface area contributed by atoms with Crippen molar-refractivity contribution in [3.63, 3.8) is 0 Å². The Kier molecular flexibility index (Phi) is 4.80. The van der Waals surface area contributed by atoms with Gasteiger partial charge in [-0.1, -0.05) is 30.3 Å². The highest BCUT2D eigenvalue weighted by Gasteiger charge is 2.09. The zero-order chi connectivity index (χ0) is 21.2. The molecular formula is C25H21N5O. The van der Waals surface area contributed by atoms with Gasteiger partial charge in [0.05, 0.1) is 5.52 Å². The zero-order valence-corrected chi connectivity index (χ0v) is 17.3. The third-order valence-corrected chi connectivity index (χ3v) is 4.95. The summed E-state index contributed by atoms with van der Waals surface area (Å²) in [6.07, 6.45) is 1.76. The lowest BCUT2D eigenvalue weighted by Crippen LogP contribution is -1.92. The van der Waals surface area contributed by atoms with E-state index in [1.165, 1.54) is 11.1 Å². The molecule has 0 unspecified atom stereocenters. The van der Waals surface area contributed by atoms with Gasteiger partial charge in [-0.3, -0.25) is 10.1 Å². The summed E-state index contributed by atoms with van der Waals surface area (Å²) in [6.45, 7) is 4.10. The Hall–Kier alpha value is -4.19. The van der Waals surface area contributed by atoms with E-state index in [9.17, 15) is 0 Å². The van der Waals surface area contributed by atoms with Crippen LogP contribution in [-0.2, 0) is 0 Å². The number of anilines is 2. The lowest BCUT2D eigenvalue weighted by molar-refractivity contribution is 0.488. The lowest BCUT2D eigenvalue weighted by Gasteiger charge is -2.09. The summed E-state index contributed by atoms with van der Waals surface area (Å²) < 4.78 is 6.19. The first kappa shape index (κ1) is 18.8. The summed E-state index contributed by atoms with van der Waals surface area (Å²) in [5.74, 6) is 2.66.